The second-order valence-corrected chi connectivity index (χ2v) is 4.32. The van der Waals surface area contributed by atoms with Crippen molar-refractivity contribution >= 4 is 11.8 Å². The highest BCUT2D eigenvalue weighted by Gasteiger charge is 2.11. The van der Waals surface area contributed by atoms with Gasteiger partial charge in [-0.3, -0.25) is 4.79 Å². The summed E-state index contributed by atoms with van der Waals surface area (Å²) in [5.41, 5.74) is 1.87. The lowest BCUT2D eigenvalue weighted by Gasteiger charge is -2.09. The summed E-state index contributed by atoms with van der Waals surface area (Å²) < 4.78 is 1.69. The number of aryl methyl sites for hydroxylation is 2. The summed E-state index contributed by atoms with van der Waals surface area (Å²) in [6.45, 7) is 5.38. The first-order valence-electron chi connectivity index (χ1n) is 5.84. The van der Waals surface area contributed by atoms with Gasteiger partial charge in [0, 0.05) is 5.69 Å². The molecule has 100 valence electrons. The fourth-order valence-electron chi connectivity index (χ4n) is 1.66. The van der Waals surface area contributed by atoms with Gasteiger partial charge in [0.25, 0.3) is 0 Å². The van der Waals surface area contributed by atoms with E-state index in [4.69, 9.17) is 5.11 Å². The van der Waals surface area contributed by atoms with Gasteiger partial charge in [-0.1, -0.05) is 0 Å². The van der Waals surface area contributed by atoms with Gasteiger partial charge < -0.3 is 10.4 Å². The van der Waals surface area contributed by atoms with Crippen molar-refractivity contribution in [2.24, 2.45) is 0 Å². The number of nitrogens with one attached hydrogen (secondary N) is 1. The Morgan fingerprint density at radius 3 is 2.58 bits per heavy atom. The van der Waals surface area contributed by atoms with Crippen molar-refractivity contribution in [2.75, 3.05) is 5.32 Å². The maximum absolute atomic E-state index is 10.7. The van der Waals surface area contributed by atoms with Crippen LogP contribution in [0.25, 0.3) is 5.82 Å². The predicted octanol–water partition coefficient (Wildman–Crippen LogP) is 1.16. The highest BCUT2D eigenvalue weighted by Crippen LogP contribution is 2.11. The van der Waals surface area contributed by atoms with Gasteiger partial charge in [-0.15, -0.1) is 10.2 Å². The van der Waals surface area contributed by atoms with Gasteiger partial charge in [-0.05, 0) is 39.0 Å². The maximum atomic E-state index is 10.7. The summed E-state index contributed by atoms with van der Waals surface area (Å²) in [5.74, 6) is 0.0729. The molecule has 0 spiro atoms. The van der Waals surface area contributed by atoms with Crippen LogP contribution in [0.15, 0.2) is 18.2 Å². The molecular weight excluding hydrogens is 246 g/mol. The van der Waals surface area contributed by atoms with E-state index in [1.54, 1.807) is 23.7 Å². The number of aromatic nitrogens is 4. The van der Waals surface area contributed by atoms with E-state index in [0.717, 1.165) is 11.4 Å². The molecule has 7 nitrogen and oxygen atoms in total. The molecule has 0 saturated carbocycles. The monoisotopic (exact) mass is 261 g/mol. The van der Waals surface area contributed by atoms with E-state index in [1.807, 2.05) is 19.9 Å². The molecule has 7 heteroatoms. The Hall–Kier alpha value is -2.44. The Kier molecular flexibility index (Phi) is 3.46. The van der Waals surface area contributed by atoms with E-state index in [0.29, 0.717) is 11.6 Å². The van der Waals surface area contributed by atoms with Crippen LogP contribution in [0.3, 0.4) is 0 Å². The quantitative estimate of drug-likeness (QED) is 0.858. The second-order valence-electron chi connectivity index (χ2n) is 4.32. The first-order chi connectivity index (χ1) is 8.97. The van der Waals surface area contributed by atoms with Crippen LogP contribution >= 0.6 is 0 Å². The molecule has 0 fully saturated rings. The highest BCUT2D eigenvalue weighted by atomic mass is 16.4. The number of aliphatic carboxylic acids is 1. The molecule has 0 amide bonds. The minimum Gasteiger partial charge on any atom is -0.480 e. The molecule has 2 rings (SSSR count). The summed E-state index contributed by atoms with van der Waals surface area (Å²) in [5, 5.41) is 23.8. The molecule has 0 aliphatic carbocycles. The summed E-state index contributed by atoms with van der Waals surface area (Å²) >= 11 is 0. The molecular formula is C12H15N5O2. The van der Waals surface area contributed by atoms with Gasteiger partial charge in [0.15, 0.2) is 5.82 Å². The molecule has 0 unspecified atom stereocenters. The van der Waals surface area contributed by atoms with Crippen LogP contribution in [-0.4, -0.2) is 37.1 Å². The largest absolute Gasteiger partial charge is 0.480 e. The zero-order valence-corrected chi connectivity index (χ0v) is 11.0. The molecule has 2 heterocycles. The van der Waals surface area contributed by atoms with Crippen molar-refractivity contribution in [3.63, 3.8) is 0 Å². The van der Waals surface area contributed by atoms with Crippen molar-refractivity contribution in [3.8, 4) is 5.82 Å². The number of anilines is 1. The minimum atomic E-state index is -0.940. The van der Waals surface area contributed by atoms with Crippen LogP contribution in [0.2, 0.25) is 0 Å². The van der Waals surface area contributed by atoms with Crippen molar-refractivity contribution in [3.05, 3.63) is 29.6 Å². The Labute approximate surface area is 110 Å². The van der Waals surface area contributed by atoms with Crippen LogP contribution in [0.4, 0.5) is 5.82 Å². The Bertz CT molecular complexity index is 591. The topological polar surface area (TPSA) is 92.9 Å². The van der Waals surface area contributed by atoms with Gasteiger partial charge in [0.2, 0.25) is 0 Å². The SMILES string of the molecule is Cc1cc(C)n(-c2ccc(N[C@H](C)C(=O)O)nn2)n1. The Morgan fingerprint density at radius 2 is 2.11 bits per heavy atom. The maximum Gasteiger partial charge on any atom is 0.325 e. The van der Waals surface area contributed by atoms with Crippen LogP contribution in [0.1, 0.15) is 18.3 Å². The van der Waals surface area contributed by atoms with Crippen LogP contribution in [0.5, 0.6) is 0 Å². The normalized spacial score (nSPS) is 12.2. The third-order valence-electron chi connectivity index (χ3n) is 2.61. The third kappa shape index (κ3) is 2.87. The number of nitrogens with zero attached hydrogens (tertiary/aromatic N) is 4. The average molecular weight is 261 g/mol. The van der Waals surface area contributed by atoms with E-state index < -0.39 is 12.0 Å². The minimum absolute atomic E-state index is 0.417. The summed E-state index contributed by atoms with van der Waals surface area (Å²) in [7, 11) is 0. The fraction of sp³-hybridized carbons (Fsp3) is 0.333. The molecule has 0 bridgehead atoms. The number of hydrogen-bond donors (Lipinski definition) is 2. The van der Waals surface area contributed by atoms with Gasteiger partial charge >= 0.3 is 5.97 Å². The molecule has 0 aliphatic heterocycles. The molecule has 0 aliphatic rings. The molecule has 2 N–H and O–H groups in total. The van der Waals surface area contributed by atoms with E-state index in [2.05, 4.69) is 20.6 Å². The zero-order valence-electron chi connectivity index (χ0n) is 11.0. The highest BCUT2D eigenvalue weighted by molar-refractivity contribution is 5.76. The fourth-order valence-corrected chi connectivity index (χ4v) is 1.66. The van der Waals surface area contributed by atoms with Gasteiger partial charge in [0.1, 0.15) is 11.9 Å². The molecule has 0 radical (unpaired) electrons. The number of carboxylic acid groups (broad SMARTS) is 1. The number of carbonyl (C=O) groups is 1. The van der Waals surface area contributed by atoms with E-state index in [9.17, 15) is 4.79 Å². The van der Waals surface area contributed by atoms with Crippen LogP contribution < -0.4 is 5.32 Å². The van der Waals surface area contributed by atoms with E-state index in [-0.39, 0.29) is 0 Å². The molecule has 19 heavy (non-hydrogen) atoms. The third-order valence-corrected chi connectivity index (χ3v) is 2.61. The first-order valence-corrected chi connectivity index (χ1v) is 5.84. The number of rotatable bonds is 4. The second kappa shape index (κ2) is 5.05. The standard InChI is InChI=1S/C12H15N5O2/c1-7-6-8(2)17(16-7)11-5-4-10(14-15-11)13-9(3)12(18)19/h4-6,9H,1-3H3,(H,13,14)(H,18,19)/t9-/m1/s1. The van der Waals surface area contributed by atoms with Crippen LogP contribution in [0, 0.1) is 13.8 Å². The predicted molar refractivity (Wildman–Crippen MR) is 69.3 cm³/mol. The van der Waals surface area contributed by atoms with Crippen molar-refractivity contribution in [1.82, 2.24) is 20.0 Å². The van der Waals surface area contributed by atoms with E-state index in [1.165, 1.54) is 0 Å². The lowest BCUT2D eigenvalue weighted by atomic mass is 10.3. The number of hydrogen-bond acceptors (Lipinski definition) is 5. The molecule has 0 aromatic carbocycles. The molecule has 0 saturated heterocycles. The molecule has 1 atom stereocenters. The summed E-state index contributed by atoms with van der Waals surface area (Å²) in [6.07, 6.45) is 0. The summed E-state index contributed by atoms with van der Waals surface area (Å²) in [6, 6.07) is 4.65. The van der Waals surface area contributed by atoms with Gasteiger partial charge in [0.05, 0.1) is 5.69 Å². The van der Waals surface area contributed by atoms with Crippen molar-refractivity contribution in [2.45, 2.75) is 26.8 Å². The number of carboxylic acids is 1. The molecule has 2 aromatic rings. The smallest absolute Gasteiger partial charge is 0.325 e. The first kappa shape index (κ1) is 13.0. The molecule has 2 aromatic heterocycles. The average Bonchev–Trinajstić information content (AvgIpc) is 2.69. The van der Waals surface area contributed by atoms with Crippen molar-refractivity contribution < 1.29 is 9.90 Å². The Balaban J connectivity index is 2.19. The lowest BCUT2D eigenvalue weighted by molar-refractivity contribution is -0.137. The van der Waals surface area contributed by atoms with Crippen molar-refractivity contribution in [1.29, 1.82) is 0 Å². The van der Waals surface area contributed by atoms with Crippen LogP contribution in [-0.2, 0) is 4.79 Å². The van der Waals surface area contributed by atoms with E-state index >= 15 is 0 Å². The zero-order chi connectivity index (χ0) is 14.0. The van der Waals surface area contributed by atoms with Gasteiger partial charge in [-0.2, -0.15) is 5.10 Å². The lowest BCUT2D eigenvalue weighted by Crippen LogP contribution is -2.26. The Morgan fingerprint density at radius 1 is 1.37 bits per heavy atom. The summed E-state index contributed by atoms with van der Waals surface area (Å²) in [4.78, 5) is 10.7. The van der Waals surface area contributed by atoms with Gasteiger partial charge in [-0.25, -0.2) is 4.68 Å².